The van der Waals surface area contributed by atoms with Gasteiger partial charge >= 0.3 is 0 Å². The summed E-state index contributed by atoms with van der Waals surface area (Å²) in [5.41, 5.74) is 10.3. The van der Waals surface area contributed by atoms with Crippen LogP contribution in [0.5, 0.6) is 0 Å². The Morgan fingerprint density at radius 1 is 0.978 bits per heavy atom. The molecule has 8 nitrogen and oxygen atoms in total. The Kier molecular flexibility index (Phi) is 10.2. The fraction of sp³-hybridized carbons (Fsp3) is 0.314. The highest BCUT2D eigenvalue weighted by atomic mass is 32.1. The number of hydrogen-bond acceptors (Lipinski definition) is 6. The van der Waals surface area contributed by atoms with Crippen molar-refractivity contribution in [3.63, 3.8) is 0 Å². The first-order valence-corrected chi connectivity index (χ1v) is 16.0. The molecule has 0 spiro atoms. The first-order chi connectivity index (χ1) is 21.7. The largest absolute Gasteiger partial charge is 0.395 e. The minimum absolute atomic E-state index is 0.000366. The van der Waals surface area contributed by atoms with Crippen LogP contribution in [0.1, 0.15) is 80.6 Å². The molecule has 4 N–H and O–H groups in total. The predicted molar refractivity (Wildman–Crippen MR) is 176 cm³/mol. The molecule has 0 aliphatic heterocycles. The van der Waals surface area contributed by atoms with E-state index in [1.807, 2.05) is 56.3 Å². The van der Waals surface area contributed by atoms with Gasteiger partial charge in [0.25, 0.3) is 11.8 Å². The van der Waals surface area contributed by atoms with Crippen molar-refractivity contribution in [3.8, 4) is 0 Å². The molecule has 0 bridgehead atoms. The number of aryl methyl sites for hydroxylation is 2. The number of nitrogen functional groups attached to an aromatic ring is 1. The molecule has 10 heteroatoms. The molecule has 0 unspecified atom stereocenters. The smallest absolute Gasteiger partial charge is 0.273 e. The number of nitrogens with one attached hydrogen (secondary N) is 2. The zero-order valence-corrected chi connectivity index (χ0v) is 26.3. The Labute approximate surface area is 267 Å². The lowest BCUT2D eigenvalue weighted by molar-refractivity contribution is -0.122. The van der Waals surface area contributed by atoms with E-state index in [2.05, 4.69) is 15.0 Å². The molecule has 3 aromatic carbocycles. The van der Waals surface area contributed by atoms with E-state index in [-0.39, 0.29) is 22.3 Å². The predicted octanol–water partition coefficient (Wildman–Crippen LogP) is 6.29. The lowest BCUT2D eigenvalue weighted by atomic mass is 9.95. The molecule has 4 aromatic rings. The normalized spacial score (nSPS) is 14.0. The van der Waals surface area contributed by atoms with E-state index in [0.29, 0.717) is 24.2 Å². The van der Waals surface area contributed by atoms with Crippen molar-refractivity contribution in [3.05, 3.63) is 111 Å². The Morgan fingerprint density at radius 2 is 1.69 bits per heavy atom. The van der Waals surface area contributed by atoms with Gasteiger partial charge in [-0.1, -0.05) is 67.8 Å². The molecule has 45 heavy (non-hydrogen) atoms. The standard InChI is InChI=1S/C35H38FN5O3S/c1-22-13-18-28(21-23(22)2)41(35(44)32-29(37)30(40-45-32)33(42)39-27-11-7-4-8-12-27)31(25-14-16-26(36)17-15-25)34(43)38-20-19-24-9-5-3-6-10-24/h3,5-6,9-10,13-18,21,27,31H,4,7-8,11-12,19-20,37H2,1-2H3,(H,38,43)(H,39,42)/t31-/m1/s1. The van der Waals surface area contributed by atoms with Crippen LogP contribution in [-0.2, 0) is 11.2 Å². The molecule has 1 aliphatic rings. The Hall–Kier alpha value is -4.57. The van der Waals surface area contributed by atoms with Gasteiger partial charge in [-0.3, -0.25) is 19.3 Å². The minimum atomic E-state index is -1.17. The number of benzene rings is 3. The first kappa shape index (κ1) is 31.8. The molecule has 1 fully saturated rings. The minimum Gasteiger partial charge on any atom is -0.395 e. The topological polar surface area (TPSA) is 117 Å². The van der Waals surface area contributed by atoms with Gasteiger partial charge in [0, 0.05) is 18.3 Å². The molecule has 1 aromatic heterocycles. The van der Waals surface area contributed by atoms with Crippen LogP contribution in [0.15, 0.2) is 72.8 Å². The maximum absolute atomic E-state index is 14.5. The lowest BCUT2D eigenvalue weighted by Crippen LogP contribution is -2.44. The quantitative estimate of drug-likeness (QED) is 0.191. The van der Waals surface area contributed by atoms with Crippen molar-refractivity contribution in [2.24, 2.45) is 0 Å². The van der Waals surface area contributed by atoms with Crippen LogP contribution >= 0.6 is 11.5 Å². The van der Waals surface area contributed by atoms with Crippen LogP contribution in [0.2, 0.25) is 0 Å². The number of aromatic nitrogens is 1. The summed E-state index contributed by atoms with van der Waals surface area (Å²) in [6.45, 7) is 4.20. The second-order valence-corrected chi connectivity index (χ2v) is 12.3. The van der Waals surface area contributed by atoms with Gasteiger partial charge in [0.05, 0.1) is 5.69 Å². The van der Waals surface area contributed by atoms with E-state index in [9.17, 15) is 18.8 Å². The molecule has 1 saturated carbocycles. The molecule has 1 atom stereocenters. The Morgan fingerprint density at radius 3 is 2.38 bits per heavy atom. The van der Waals surface area contributed by atoms with Gasteiger partial charge in [0.2, 0.25) is 5.91 Å². The average Bonchev–Trinajstić information content (AvgIpc) is 3.43. The molecule has 5 rings (SSSR count). The average molecular weight is 628 g/mol. The summed E-state index contributed by atoms with van der Waals surface area (Å²) < 4.78 is 18.3. The number of carbonyl (C=O) groups excluding carboxylic acids is 3. The van der Waals surface area contributed by atoms with Crippen molar-refractivity contribution in [2.75, 3.05) is 17.2 Å². The number of nitrogens with two attached hydrogens (primary N) is 1. The van der Waals surface area contributed by atoms with Gasteiger partial charge < -0.3 is 16.4 Å². The molecule has 1 heterocycles. The summed E-state index contributed by atoms with van der Waals surface area (Å²) in [6.07, 6.45) is 5.60. The Balaban J connectivity index is 1.51. The fourth-order valence-corrected chi connectivity index (χ4v) is 6.35. The summed E-state index contributed by atoms with van der Waals surface area (Å²) in [7, 11) is 0. The van der Waals surface area contributed by atoms with Gasteiger partial charge in [-0.15, -0.1) is 0 Å². The lowest BCUT2D eigenvalue weighted by Gasteiger charge is -2.31. The molecular formula is C35H38FN5O3S. The molecule has 0 radical (unpaired) electrons. The SMILES string of the molecule is Cc1ccc(N(C(=O)c2snc(C(=O)NC3CCCCC3)c2N)[C@@H](C(=O)NCCc2ccccc2)c2ccc(F)cc2)cc1C. The van der Waals surface area contributed by atoms with E-state index in [1.165, 1.54) is 29.2 Å². The van der Waals surface area contributed by atoms with Crippen molar-refractivity contribution >= 4 is 40.6 Å². The highest BCUT2D eigenvalue weighted by Gasteiger charge is 2.36. The van der Waals surface area contributed by atoms with Gasteiger partial charge in [-0.2, -0.15) is 4.37 Å². The van der Waals surface area contributed by atoms with Crippen molar-refractivity contribution < 1.29 is 18.8 Å². The van der Waals surface area contributed by atoms with Crippen molar-refractivity contribution in [1.82, 2.24) is 15.0 Å². The second kappa shape index (κ2) is 14.5. The third-order valence-corrected chi connectivity index (χ3v) is 9.16. The number of nitrogens with zero attached hydrogens (tertiary/aromatic N) is 2. The van der Waals surface area contributed by atoms with Crippen LogP contribution in [0, 0.1) is 19.7 Å². The van der Waals surface area contributed by atoms with E-state index >= 15 is 0 Å². The number of carbonyl (C=O) groups is 3. The van der Waals surface area contributed by atoms with Crippen LogP contribution in [0.4, 0.5) is 15.8 Å². The number of anilines is 2. The molecule has 234 valence electrons. The van der Waals surface area contributed by atoms with Crippen molar-refractivity contribution in [2.45, 2.75) is 64.5 Å². The third kappa shape index (κ3) is 7.57. The number of rotatable bonds is 10. The van der Waals surface area contributed by atoms with Crippen LogP contribution in [-0.4, -0.2) is 34.7 Å². The summed E-state index contributed by atoms with van der Waals surface area (Å²) >= 11 is 0.828. The summed E-state index contributed by atoms with van der Waals surface area (Å²) in [5.74, 6) is -1.91. The second-order valence-electron chi connectivity index (χ2n) is 11.5. The molecular weight excluding hydrogens is 589 g/mol. The third-order valence-electron chi connectivity index (χ3n) is 8.31. The fourth-order valence-electron chi connectivity index (χ4n) is 5.62. The zero-order valence-electron chi connectivity index (χ0n) is 25.5. The maximum Gasteiger partial charge on any atom is 0.273 e. The number of halogens is 1. The van der Waals surface area contributed by atoms with Crippen LogP contribution in [0.3, 0.4) is 0 Å². The van der Waals surface area contributed by atoms with Gasteiger partial charge in [0.15, 0.2) is 5.69 Å². The summed E-state index contributed by atoms with van der Waals surface area (Å²) in [6, 6.07) is 19.6. The van der Waals surface area contributed by atoms with E-state index in [1.54, 1.807) is 6.07 Å². The number of amides is 3. The number of hydrogen-bond donors (Lipinski definition) is 3. The van der Waals surface area contributed by atoms with Crippen LogP contribution < -0.4 is 21.3 Å². The maximum atomic E-state index is 14.5. The molecule has 0 saturated heterocycles. The highest BCUT2D eigenvalue weighted by Crippen LogP contribution is 2.34. The van der Waals surface area contributed by atoms with E-state index < -0.39 is 29.6 Å². The highest BCUT2D eigenvalue weighted by molar-refractivity contribution is 7.09. The van der Waals surface area contributed by atoms with Gasteiger partial charge in [-0.05, 0) is 91.2 Å². The molecule has 1 aliphatic carbocycles. The summed E-state index contributed by atoms with van der Waals surface area (Å²) in [4.78, 5) is 43.1. The van der Waals surface area contributed by atoms with E-state index in [4.69, 9.17) is 5.73 Å². The summed E-state index contributed by atoms with van der Waals surface area (Å²) in [5, 5.41) is 5.99. The van der Waals surface area contributed by atoms with Crippen LogP contribution in [0.25, 0.3) is 0 Å². The zero-order chi connectivity index (χ0) is 31.9. The van der Waals surface area contributed by atoms with Gasteiger partial charge in [-0.25, -0.2) is 4.39 Å². The van der Waals surface area contributed by atoms with E-state index in [0.717, 1.165) is 60.3 Å². The van der Waals surface area contributed by atoms with Crippen molar-refractivity contribution in [1.29, 1.82) is 0 Å². The monoisotopic (exact) mass is 627 g/mol. The van der Waals surface area contributed by atoms with Gasteiger partial charge in [0.1, 0.15) is 16.7 Å². The Bertz CT molecular complexity index is 1650. The molecule has 3 amide bonds. The first-order valence-electron chi connectivity index (χ1n) is 15.3.